The largest absolute Gasteiger partial charge is 0.339 e. The van der Waals surface area contributed by atoms with Crippen molar-refractivity contribution in [3.05, 3.63) is 11.7 Å². The predicted octanol–water partition coefficient (Wildman–Crippen LogP) is 2.61. The average molecular weight is 237 g/mol. The van der Waals surface area contributed by atoms with Crippen molar-refractivity contribution < 1.29 is 4.52 Å². The Labute approximate surface area is 103 Å². The number of nitrogens with one attached hydrogen (secondary N) is 1. The van der Waals surface area contributed by atoms with Crippen LogP contribution >= 0.6 is 0 Å². The highest BCUT2D eigenvalue weighted by atomic mass is 16.5. The summed E-state index contributed by atoms with van der Waals surface area (Å²) in [6, 6.07) is 0.380. The van der Waals surface area contributed by atoms with Crippen LogP contribution in [0.5, 0.6) is 0 Å². The standard InChI is InChI=1S/C13H23N3O/c1-5-10(9(3)14-6-2)11-15-12(16-17-11)13(4)7-8-13/h9-10,14H,5-8H2,1-4H3. The quantitative estimate of drug-likeness (QED) is 0.826. The van der Waals surface area contributed by atoms with Gasteiger partial charge in [-0.3, -0.25) is 0 Å². The second kappa shape index (κ2) is 4.77. The van der Waals surface area contributed by atoms with E-state index in [1.54, 1.807) is 0 Å². The van der Waals surface area contributed by atoms with Gasteiger partial charge in [-0.25, -0.2) is 0 Å². The summed E-state index contributed by atoms with van der Waals surface area (Å²) < 4.78 is 5.45. The minimum atomic E-state index is 0.196. The van der Waals surface area contributed by atoms with Crippen LogP contribution in [0.4, 0.5) is 0 Å². The van der Waals surface area contributed by atoms with Crippen molar-refractivity contribution in [3.8, 4) is 0 Å². The fraction of sp³-hybridized carbons (Fsp3) is 0.846. The predicted molar refractivity (Wildman–Crippen MR) is 67.1 cm³/mol. The van der Waals surface area contributed by atoms with Crippen molar-refractivity contribution in [3.63, 3.8) is 0 Å². The Bertz CT molecular complexity index is 370. The lowest BCUT2D eigenvalue weighted by molar-refractivity contribution is 0.314. The molecule has 96 valence electrons. The fourth-order valence-corrected chi connectivity index (χ4v) is 2.25. The maximum Gasteiger partial charge on any atom is 0.231 e. The second-order valence-electron chi connectivity index (χ2n) is 5.38. The molecule has 0 bridgehead atoms. The van der Waals surface area contributed by atoms with Gasteiger partial charge < -0.3 is 9.84 Å². The molecule has 0 aliphatic heterocycles. The highest BCUT2D eigenvalue weighted by Crippen LogP contribution is 2.46. The molecule has 1 aliphatic rings. The minimum absolute atomic E-state index is 0.196. The van der Waals surface area contributed by atoms with Gasteiger partial charge in [0.2, 0.25) is 5.89 Å². The van der Waals surface area contributed by atoms with Gasteiger partial charge in [0.1, 0.15) is 0 Å². The maximum atomic E-state index is 5.45. The van der Waals surface area contributed by atoms with Crippen LogP contribution in [-0.4, -0.2) is 22.7 Å². The van der Waals surface area contributed by atoms with Crippen LogP contribution in [0, 0.1) is 0 Å². The van der Waals surface area contributed by atoms with Crippen LogP contribution in [0.2, 0.25) is 0 Å². The van der Waals surface area contributed by atoms with E-state index in [4.69, 9.17) is 4.52 Å². The molecule has 1 heterocycles. The first kappa shape index (κ1) is 12.6. The Balaban J connectivity index is 2.11. The normalized spacial score (nSPS) is 21.2. The van der Waals surface area contributed by atoms with Crippen molar-refractivity contribution in [2.24, 2.45) is 0 Å². The van der Waals surface area contributed by atoms with E-state index in [2.05, 4.69) is 43.2 Å². The maximum absolute atomic E-state index is 5.45. The van der Waals surface area contributed by atoms with E-state index in [1.165, 1.54) is 12.8 Å². The molecular weight excluding hydrogens is 214 g/mol. The molecule has 4 nitrogen and oxygen atoms in total. The van der Waals surface area contributed by atoms with Crippen LogP contribution in [0.3, 0.4) is 0 Å². The molecule has 0 spiro atoms. The summed E-state index contributed by atoms with van der Waals surface area (Å²) in [6.07, 6.45) is 3.39. The van der Waals surface area contributed by atoms with E-state index >= 15 is 0 Å². The third kappa shape index (κ3) is 2.51. The van der Waals surface area contributed by atoms with Gasteiger partial charge in [-0.05, 0) is 32.7 Å². The Morgan fingerprint density at radius 1 is 1.41 bits per heavy atom. The minimum Gasteiger partial charge on any atom is -0.339 e. The molecule has 2 unspecified atom stereocenters. The van der Waals surface area contributed by atoms with Gasteiger partial charge in [0.05, 0.1) is 5.92 Å². The molecule has 0 amide bonds. The van der Waals surface area contributed by atoms with Gasteiger partial charge in [-0.2, -0.15) is 4.98 Å². The highest BCUT2D eigenvalue weighted by molar-refractivity contribution is 5.15. The van der Waals surface area contributed by atoms with Crippen molar-refractivity contribution >= 4 is 0 Å². The molecule has 17 heavy (non-hydrogen) atoms. The van der Waals surface area contributed by atoms with Gasteiger partial charge in [0, 0.05) is 11.5 Å². The first-order valence-electron chi connectivity index (χ1n) is 6.68. The molecule has 1 aromatic heterocycles. The van der Waals surface area contributed by atoms with E-state index in [-0.39, 0.29) is 5.41 Å². The van der Waals surface area contributed by atoms with E-state index in [1.807, 2.05) is 0 Å². The molecule has 2 rings (SSSR count). The van der Waals surface area contributed by atoms with Gasteiger partial charge in [-0.15, -0.1) is 0 Å². The van der Waals surface area contributed by atoms with Crippen LogP contribution in [-0.2, 0) is 5.41 Å². The number of hydrogen-bond donors (Lipinski definition) is 1. The SMILES string of the molecule is CCNC(C)C(CC)c1nc(C2(C)CC2)no1. The molecule has 0 saturated heterocycles. The van der Waals surface area contributed by atoms with Gasteiger partial charge in [0.25, 0.3) is 0 Å². The van der Waals surface area contributed by atoms with Crippen molar-refractivity contribution in [1.82, 2.24) is 15.5 Å². The number of hydrogen-bond acceptors (Lipinski definition) is 4. The lowest BCUT2D eigenvalue weighted by Gasteiger charge is -2.19. The molecular formula is C13H23N3O. The zero-order valence-electron chi connectivity index (χ0n) is 11.3. The summed E-state index contributed by atoms with van der Waals surface area (Å²) in [5.74, 6) is 2.01. The number of rotatable bonds is 6. The number of aromatic nitrogens is 2. The van der Waals surface area contributed by atoms with Gasteiger partial charge in [0.15, 0.2) is 5.82 Å². The molecule has 1 fully saturated rings. The zero-order chi connectivity index (χ0) is 12.5. The molecule has 4 heteroatoms. The first-order chi connectivity index (χ1) is 8.10. The molecule has 0 radical (unpaired) electrons. The van der Waals surface area contributed by atoms with E-state index < -0.39 is 0 Å². The fourth-order valence-electron chi connectivity index (χ4n) is 2.25. The molecule has 1 N–H and O–H groups in total. The Hall–Kier alpha value is -0.900. The first-order valence-corrected chi connectivity index (χ1v) is 6.68. The summed E-state index contributed by atoms with van der Waals surface area (Å²) in [5, 5.41) is 7.58. The monoisotopic (exact) mass is 237 g/mol. The summed E-state index contributed by atoms with van der Waals surface area (Å²) in [6.45, 7) is 9.64. The number of nitrogens with zero attached hydrogens (tertiary/aromatic N) is 2. The average Bonchev–Trinajstić information content (AvgIpc) is 2.87. The molecule has 1 saturated carbocycles. The molecule has 0 aromatic carbocycles. The van der Waals surface area contributed by atoms with E-state index in [9.17, 15) is 0 Å². The summed E-state index contributed by atoms with van der Waals surface area (Å²) in [7, 11) is 0. The Kier molecular flexibility index (Phi) is 3.52. The molecule has 2 atom stereocenters. The Morgan fingerprint density at radius 2 is 2.12 bits per heavy atom. The summed E-state index contributed by atoms with van der Waals surface area (Å²) in [5.41, 5.74) is 0.196. The van der Waals surface area contributed by atoms with Gasteiger partial charge >= 0.3 is 0 Å². The van der Waals surface area contributed by atoms with Crippen LogP contribution in [0.25, 0.3) is 0 Å². The number of likely N-dealkylation sites (N-methyl/N-ethyl adjacent to an activating group) is 1. The topological polar surface area (TPSA) is 51.0 Å². The van der Waals surface area contributed by atoms with Crippen molar-refractivity contribution in [1.29, 1.82) is 0 Å². The van der Waals surface area contributed by atoms with E-state index in [0.717, 1.165) is 24.7 Å². The van der Waals surface area contributed by atoms with Crippen molar-refractivity contribution in [2.75, 3.05) is 6.54 Å². The summed E-state index contributed by atoms with van der Waals surface area (Å²) in [4.78, 5) is 4.60. The molecule has 1 aromatic rings. The van der Waals surface area contributed by atoms with Crippen LogP contribution in [0.1, 0.15) is 64.6 Å². The summed E-state index contributed by atoms with van der Waals surface area (Å²) >= 11 is 0. The van der Waals surface area contributed by atoms with Crippen LogP contribution in [0.15, 0.2) is 4.52 Å². The van der Waals surface area contributed by atoms with E-state index in [0.29, 0.717) is 12.0 Å². The zero-order valence-corrected chi connectivity index (χ0v) is 11.3. The third-order valence-corrected chi connectivity index (χ3v) is 3.87. The van der Waals surface area contributed by atoms with Crippen molar-refractivity contribution in [2.45, 2.75) is 64.3 Å². The highest BCUT2D eigenvalue weighted by Gasteiger charge is 2.44. The third-order valence-electron chi connectivity index (χ3n) is 3.87. The molecule has 1 aliphatic carbocycles. The lowest BCUT2D eigenvalue weighted by atomic mass is 9.98. The second-order valence-corrected chi connectivity index (χ2v) is 5.38. The Morgan fingerprint density at radius 3 is 2.65 bits per heavy atom. The van der Waals surface area contributed by atoms with Crippen LogP contribution < -0.4 is 5.32 Å². The van der Waals surface area contributed by atoms with Gasteiger partial charge in [-0.1, -0.05) is 25.9 Å². The smallest absolute Gasteiger partial charge is 0.231 e. The lowest BCUT2D eigenvalue weighted by Crippen LogP contribution is -2.32.